The Kier molecular flexibility index (Phi) is 3.07. The van der Waals surface area contributed by atoms with Crippen LogP contribution in [0.3, 0.4) is 0 Å². The standard InChI is InChI=1S/C16H12FN3O/c1-19-14-4-2-3-5-15(14)20(16(19)21)10-11-6-7-13(17)12(8-11)9-18/h2-8H,10H2,1H3. The first-order chi connectivity index (χ1) is 10.1. The third-order valence-electron chi connectivity index (χ3n) is 3.54. The fraction of sp³-hybridized carbons (Fsp3) is 0.125. The Balaban J connectivity index is 2.13. The number of nitriles is 1. The lowest BCUT2D eigenvalue weighted by Gasteiger charge is -2.04. The zero-order chi connectivity index (χ0) is 15.0. The number of aromatic nitrogens is 2. The van der Waals surface area contributed by atoms with E-state index in [1.54, 1.807) is 22.2 Å². The molecule has 0 aliphatic carbocycles. The maximum Gasteiger partial charge on any atom is 0.329 e. The lowest BCUT2D eigenvalue weighted by molar-refractivity contribution is 0.622. The van der Waals surface area contributed by atoms with E-state index in [0.29, 0.717) is 12.1 Å². The van der Waals surface area contributed by atoms with Crippen LogP contribution in [0.5, 0.6) is 0 Å². The number of halogens is 1. The van der Waals surface area contributed by atoms with Crippen molar-refractivity contribution in [3.8, 4) is 6.07 Å². The molecule has 1 aromatic heterocycles. The first-order valence-electron chi connectivity index (χ1n) is 6.44. The van der Waals surface area contributed by atoms with E-state index in [9.17, 15) is 9.18 Å². The largest absolute Gasteiger partial charge is 0.329 e. The summed E-state index contributed by atoms with van der Waals surface area (Å²) < 4.78 is 16.5. The predicted molar refractivity (Wildman–Crippen MR) is 77.4 cm³/mol. The van der Waals surface area contributed by atoms with Gasteiger partial charge in [0, 0.05) is 7.05 Å². The van der Waals surface area contributed by atoms with E-state index in [4.69, 9.17) is 5.26 Å². The molecule has 2 aromatic carbocycles. The summed E-state index contributed by atoms with van der Waals surface area (Å²) >= 11 is 0. The molecule has 0 bridgehead atoms. The summed E-state index contributed by atoms with van der Waals surface area (Å²) in [6.45, 7) is 0.301. The van der Waals surface area contributed by atoms with Gasteiger partial charge in [-0.2, -0.15) is 5.26 Å². The lowest BCUT2D eigenvalue weighted by Crippen LogP contribution is -2.22. The van der Waals surface area contributed by atoms with Crippen molar-refractivity contribution in [2.24, 2.45) is 7.05 Å². The molecule has 0 radical (unpaired) electrons. The van der Waals surface area contributed by atoms with Gasteiger partial charge in [-0.15, -0.1) is 0 Å². The van der Waals surface area contributed by atoms with Crippen LogP contribution in [0.4, 0.5) is 4.39 Å². The van der Waals surface area contributed by atoms with Gasteiger partial charge in [0.15, 0.2) is 0 Å². The molecule has 0 spiro atoms. The van der Waals surface area contributed by atoms with E-state index < -0.39 is 5.82 Å². The van der Waals surface area contributed by atoms with Crippen molar-refractivity contribution in [2.75, 3.05) is 0 Å². The van der Waals surface area contributed by atoms with Gasteiger partial charge in [0.25, 0.3) is 0 Å². The van der Waals surface area contributed by atoms with Crippen molar-refractivity contribution in [2.45, 2.75) is 6.54 Å². The highest BCUT2D eigenvalue weighted by Crippen LogP contribution is 2.15. The second-order valence-electron chi connectivity index (χ2n) is 4.84. The van der Waals surface area contributed by atoms with E-state index in [0.717, 1.165) is 11.0 Å². The van der Waals surface area contributed by atoms with Crippen LogP contribution in [0.15, 0.2) is 47.3 Å². The molecule has 104 valence electrons. The van der Waals surface area contributed by atoms with Crippen molar-refractivity contribution in [3.63, 3.8) is 0 Å². The van der Waals surface area contributed by atoms with Crippen LogP contribution in [-0.4, -0.2) is 9.13 Å². The maximum atomic E-state index is 13.3. The summed E-state index contributed by atoms with van der Waals surface area (Å²) in [5, 5.41) is 8.88. The number of hydrogen-bond acceptors (Lipinski definition) is 2. The van der Waals surface area contributed by atoms with Crippen molar-refractivity contribution < 1.29 is 4.39 Å². The molecule has 4 nitrogen and oxygen atoms in total. The van der Waals surface area contributed by atoms with E-state index in [1.165, 1.54) is 12.1 Å². The molecule has 0 aliphatic rings. The molecule has 0 atom stereocenters. The Labute approximate surface area is 120 Å². The van der Waals surface area contributed by atoms with E-state index in [-0.39, 0.29) is 11.3 Å². The number of para-hydroxylation sites is 2. The molecule has 0 saturated heterocycles. The summed E-state index contributed by atoms with van der Waals surface area (Å²) in [5.74, 6) is -0.550. The number of aryl methyl sites for hydroxylation is 1. The SMILES string of the molecule is Cn1c(=O)n(Cc2ccc(F)c(C#N)c2)c2ccccc21. The van der Waals surface area contributed by atoms with Crippen LogP contribution in [0.2, 0.25) is 0 Å². The van der Waals surface area contributed by atoms with Gasteiger partial charge in [-0.25, -0.2) is 9.18 Å². The summed E-state index contributed by atoms with van der Waals surface area (Å²) in [5.41, 5.74) is 2.21. The highest BCUT2D eigenvalue weighted by molar-refractivity contribution is 5.75. The molecule has 0 N–H and O–H groups in total. The number of nitrogens with zero attached hydrogens (tertiary/aromatic N) is 3. The van der Waals surface area contributed by atoms with Gasteiger partial charge in [0.2, 0.25) is 0 Å². The molecule has 3 aromatic rings. The molecule has 0 fully saturated rings. The number of imidazole rings is 1. The van der Waals surface area contributed by atoms with E-state index in [2.05, 4.69) is 0 Å². The molecule has 21 heavy (non-hydrogen) atoms. The van der Waals surface area contributed by atoms with Crippen molar-refractivity contribution in [1.82, 2.24) is 9.13 Å². The minimum Gasteiger partial charge on any atom is -0.295 e. The topological polar surface area (TPSA) is 50.7 Å². The number of benzene rings is 2. The molecule has 3 rings (SSSR count). The zero-order valence-electron chi connectivity index (χ0n) is 11.4. The van der Waals surface area contributed by atoms with Crippen LogP contribution in [0.25, 0.3) is 11.0 Å². The zero-order valence-corrected chi connectivity index (χ0v) is 11.4. The Morgan fingerprint density at radius 3 is 2.62 bits per heavy atom. The van der Waals surface area contributed by atoms with Gasteiger partial charge in [0.05, 0.1) is 23.1 Å². The van der Waals surface area contributed by atoms with Gasteiger partial charge in [-0.1, -0.05) is 18.2 Å². The van der Waals surface area contributed by atoms with Crippen molar-refractivity contribution >= 4 is 11.0 Å². The Morgan fingerprint density at radius 1 is 1.19 bits per heavy atom. The molecule has 0 amide bonds. The molecular weight excluding hydrogens is 269 g/mol. The molecule has 5 heteroatoms. The fourth-order valence-corrected chi connectivity index (χ4v) is 2.46. The van der Waals surface area contributed by atoms with Gasteiger partial charge in [0.1, 0.15) is 11.9 Å². The van der Waals surface area contributed by atoms with Crippen LogP contribution in [0, 0.1) is 17.1 Å². The minimum absolute atomic E-state index is 0.0132. The smallest absolute Gasteiger partial charge is 0.295 e. The Bertz CT molecular complexity index is 931. The molecule has 0 aliphatic heterocycles. The van der Waals surface area contributed by atoms with E-state index >= 15 is 0 Å². The van der Waals surface area contributed by atoms with Crippen molar-refractivity contribution in [3.05, 3.63) is 69.9 Å². The monoisotopic (exact) mass is 281 g/mol. The predicted octanol–water partition coefficient (Wildman–Crippen LogP) is 2.40. The quantitative estimate of drug-likeness (QED) is 0.724. The van der Waals surface area contributed by atoms with Crippen LogP contribution in [-0.2, 0) is 13.6 Å². The lowest BCUT2D eigenvalue weighted by atomic mass is 10.1. The van der Waals surface area contributed by atoms with Crippen molar-refractivity contribution in [1.29, 1.82) is 5.26 Å². The summed E-state index contributed by atoms with van der Waals surface area (Å²) in [4.78, 5) is 12.3. The number of rotatable bonds is 2. The second-order valence-corrected chi connectivity index (χ2v) is 4.84. The van der Waals surface area contributed by atoms with Crippen LogP contribution in [0.1, 0.15) is 11.1 Å². The summed E-state index contributed by atoms with van der Waals surface area (Å²) in [7, 11) is 1.71. The average molecular weight is 281 g/mol. The number of fused-ring (bicyclic) bond motifs is 1. The first kappa shape index (κ1) is 13.1. The summed E-state index contributed by atoms with van der Waals surface area (Å²) in [6, 6.07) is 13.6. The van der Waals surface area contributed by atoms with E-state index in [1.807, 2.05) is 30.3 Å². The van der Waals surface area contributed by atoms with Gasteiger partial charge >= 0.3 is 5.69 Å². The third kappa shape index (κ3) is 2.11. The van der Waals surface area contributed by atoms with Crippen LogP contribution >= 0.6 is 0 Å². The molecule has 1 heterocycles. The third-order valence-corrected chi connectivity index (χ3v) is 3.54. The van der Waals surface area contributed by atoms with Crippen LogP contribution < -0.4 is 5.69 Å². The molecular formula is C16H12FN3O. The Morgan fingerprint density at radius 2 is 1.90 bits per heavy atom. The normalized spacial score (nSPS) is 10.7. The highest BCUT2D eigenvalue weighted by atomic mass is 19.1. The molecule has 0 unspecified atom stereocenters. The van der Waals surface area contributed by atoms with Gasteiger partial charge in [-0.3, -0.25) is 9.13 Å². The maximum absolute atomic E-state index is 13.3. The second kappa shape index (κ2) is 4.91. The van der Waals surface area contributed by atoms with Gasteiger partial charge in [-0.05, 0) is 29.8 Å². The first-order valence-corrected chi connectivity index (χ1v) is 6.44. The fourth-order valence-electron chi connectivity index (χ4n) is 2.46. The Hall–Kier alpha value is -2.87. The average Bonchev–Trinajstić information content (AvgIpc) is 2.74. The minimum atomic E-state index is -0.550. The molecule has 0 saturated carbocycles. The van der Waals surface area contributed by atoms with Gasteiger partial charge < -0.3 is 0 Å². The highest BCUT2D eigenvalue weighted by Gasteiger charge is 2.11. The number of hydrogen-bond donors (Lipinski definition) is 0. The summed E-state index contributed by atoms with van der Waals surface area (Å²) in [6.07, 6.45) is 0.